The number of carbonyl (C=O) groups excluding carboxylic acids is 6. The van der Waals surface area contributed by atoms with Crippen LogP contribution in [0, 0.1) is 18.8 Å². The highest BCUT2D eigenvalue weighted by molar-refractivity contribution is 7.90. The Labute approximate surface area is 447 Å². The summed E-state index contributed by atoms with van der Waals surface area (Å²) in [4.78, 5) is 105. The van der Waals surface area contributed by atoms with E-state index in [-0.39, 0.29) is 55.6 Å². The van der Waals surface area contributed by atoms with Gasteiger partial charge in [-0.2, -0.15) is 0 Å². The predicted octanol–water partition coefficient (Wildman–Crippen LogP) is 1.20. The number of unbranched alkanes of at least 4 members (excludes halogenated alkanes) is 2. The number of aryl methyl sites for hydroxylation is 1. The molecule has 8 rings (SSSR count). The van der Waals surface area contributed by atoms with Gasteiger partial charge in [0.25, 0.3) is 5.56 Å². The van der Waals surface area contributed by atoms with Crippen LogP contribution in [0.25, 0.3) is 22.3 Å². The largest absolute Gasteiger partial charge is 0.458 e. The second-order valence-electron chi connectivity index (χ2n) is 18.8. The van der Waals surface area contributed by atoms with Gasteiger partial charge in [-0.05, 0) is 80.0 Å². The van der Waals surface area contributed by atoms with E-state index in [9.17, 15) is 47.1 Å². The van der Waals surface area contributed by atoms with Crippen molar-refractivity contribution >= 4 is 67.8 Å². The van der Waals surface area contributed by atoms with Crippen molar-refractivity contribution in [3.8, 4) is 23.2 Å². The Morgan fingerprint density at radius 3 is 2.44 bits per heavy atom. The number of cyclic esters (lactones) is 1. The number of nitrogens with one attached hydrogen (secondary N) is 6. The molecule has 3 aliphatic rings. The van der Waals surface area contributed by atoms with Crippen molar-refractivity contribution in [2.45, 2.75) is 94.8 Å². The van der Waals surface area contributed by atoms with E-state index in [4.69, 9.17) is 26.1 Å². The maximum atomic E-state index is 14.0. The van der Waals surface area contributed by atoms with E-state index in [0.29, 0.717) is 65.3 Å². The number of carbonyl (C=O) groups is 6. The van der Waals surface area contributed by atoms with Gasteiger partial charge < -0.3 is 51.0 Å². The Kier molecular flexibility index (Phi) is 17.4. The summed E-state index contributed by atoms with van der Waals surface area (Å²) in [6.45, 7) is 2.13. The smallest absolute Gasteiger partial charge is 0.343 e. The first-order chi connectivity index (χ1) is 36.9. The molecule has 0 radical (unpaired) electrons. The average molecular weight is 1090 g/mol. The second-order valence-corrected chi connectivity index (χ2v) is 21.1. The van der Waals surface area contributed by atoms with Gasteiger partial charge in [-0.15, -0.1) is 0 Å². The van der Waals surface area contributed by atoms with Crippen LogP contribution in [0.5, 0.6) is 0 Å². The van der Waals surface area contributed by atoms with E-state index in [1.54, 1.807) is 49.4 Å². The third-order valence-corrected chi connectivity index (χ3v) is 14.8. The normalized spacial score (nSPS) is 16.4. The van der Waals surface area contributed by atoms with E-state index in [1.807, 2.05) is 6.92 Å². The first-order valence-corrected chi connectivity index (χ1v) is 27.2. The lowest BCUT2D eigenvalue weighted by molar-refractivity contribution is -0.172. The highest BCUT2D eigenvalue weighted by Gasteiger charge is 2.46. The zero-order valence-electron chi connectivity index (χ0n) is 42.5. The average Bonchev–Trinajstić information content (AvgIpc) is 4.08. The van der Waals surface area contributed by atoms with Gasteiger partial charge in [0.1, 0.15) is 26.0 Å². The van der Waals surface area contributed by atoms with Crippen molar-refractivity contribution in [2.24, 2.45) is 0 Å². The van der Waals surface area contributed by atoms with Crippen LogP contribution >= 0.6 is 11.6 Å². The number of aromatic nitrogens is 4. The maximum Gasteiger partial charge on any atom is 0.343 e. The van der Waals surface area contributed by atoms with Crippen molar-refractivity contribution in [3.63, 3.8) is 0 Å². The molecule has 7 N–H and O–H groups in total. The number of fused-ring (bicyclic) bond motifs is 5. The number of esters is 1. The Morgan fingerprint density at radius 1 is 0.961 bits per heavy atom. The van der Waals surface area contributed by atoms with Crippen molar-refractivity contribution in [1.82, 2.24) is 51.4 Å². The van der Waals surface area contributed by atoms with Gasteiger partial charge in [-0.1, -0.05) is 60.7 Å². The molecular formula is C53H57ClN10O12S. The third-order valence-electron chi connectivity index (χ3n) is 13.5. The number of hydrogen-bond donors (Lipinski definition) is 7. The molecule has 0 unspecified atom stereocenters. The molecule has 0 fully saturated rings. The molecule has 0 bridgehead atoms. The Balaban J connectivity index is 0.793. The summed E-state index contributed by atoms with van der Waals surface area (Å²) in [5.74, 6) is 2.16. The number of pyridine rings is 2. The molecule has 404 valence electrons. The molecule has 0 saturated carbocycles. The van der Waals surface area contributed by atoms with Gasteiger partial charge in [-0.25, -0.2) is 28.2 Å². The van der Waals surface area contributed by atoms with E-state index < -0.39 is 88.3 Å². The first kappa shape index (κ1) is 55.6. The summed E-state index contributed by atoms with van der Waals surface area (Å²) in [6.07, 6.45) is 6.82. The number of sulfone groups is 1. The number of aliphatic hydroxyl groups is 1. The van der Waals surface area contributed by atoms with Crippen molar-refractivity contribution in [1.29, 1.82) is 0 Å². The molecule has 0 spiro atoms. The van der Waals surface area contributed by atoms with Gasteiger partial charge in [-0.3, -0.25) is 28.8 Å². The lowest BCUT2D eigenvalue weighted by Gasteiger charge is -2.31. The van der Waals surface area contributed by atoms with Gasteiger partial charge >= 0.3 is 5.97 Å². The predicted molar refractivity (Wildman–Crippen MR) is 279 cm³/mol. The van der Waals surface area contributed by atoms with E-state index in [1.165, 1.54) is 17.0 Å². The van der Waals surface area contributed by atoms with Crippen molar-refractivity contribution in [3.05, 3.63) is 115 Å². The third kappa shape index (κ3) is 12.8. The molecule has 3 atom stereocenters. The molecule has 2 aliphatic heterocycles. The SMILES string of the molecule is CC[C@@]1(O)C(=O)OCc2c1cc1n(c2=O)Cc2c-1nc1cc(Cl)c(C)c3c1c2[C@H](NC(=O)COCNC(=O)CNC(=O)[C@H](Cc1ccccc1)NC(=O)CNC(=O)CNCCCCC#Cc1cnc(S(C)(=O)=O)nc1)CC3. The topological polar surface area (TPSA) is 308 Å². The van der Waals surface area contributed by atoms with E-state index in [0.717, 1.165) is 40.3 Å². The molecule has 2 aromatic carbocycles. The lowest BCUT2D eigenvalue weighted by Crippen LogP contribution is -2.52. The molecule has 0 saturated heterocycles. The van der Waals surface area contributed by atoms with Crippen LogP contribution in [-0.2, 0) is 79.7 Å². The summed E-state index contributed by atoms with van der Waals surface area (Å²) in [7, 11) is -3.50. The molecule has 5 aromatic rings. The molecule has 5 amide bonds. The number of benzene rings is 2. The van der Waals surface area contributed by atoms with Gasteiger partial charge in [0, 0.05) is 53.0 Å². The zero-order chi connectivity index (χ0) is 55.0. The molecular weight excluding hydrogens is 1040 g/mol. The summed E-state index contributed by atoms with van der Waals surface area (Å²) < 4.78 is 35.3. The molecule has 1 aliphatic carbocycles. The van der Waals surface area contributed by atoms with Crippen LogP contribution < -0.4 is 37.5 Å². The highest BCUT2D eigenvalue weighted by Crippen LogP contribution is 2.46. The Hall–Kier alpha value is -7.62. The summed E-state index contributed by atoms with van der Waals surface area (Å²) in [6, 6.07) is 10.6. The molecule has 22 nitrogen and oxygen atoms in total. The molecule has 24 heteroatoms. The molecule has 77 heavy (non-hydrogen) atoms. The zero-order valence-corrected chi connectivity index (χ0v) is 44.0. The number of amides is 5. The number of ether oxygens (including phenoxy) is 2. The van der Waals surface area contributed by atoms with Crippen LogP contribution in [-0.4, -0.2) is 120 Å². The monoisotopic (exact) mass is 1090 g/mol. The molecule has 3 aromatic heterocycles. The van der Waals surface area contributed by atoms with Gasteiger partial charge in [0.15, 0.2) is 5.60 Å². The molecule has 5 heterocycles. The standard InChI is InChI=1S/C53H57ClN10O12S/c1-4-53(72)36-19-41-48-34(26-64(41)50(70)35(36)27-76-51(53)71)47-38(16-15-33-30(2)37(54)20-39(63-48)46(33)47)61-45(68)28-75-29-60-43(66)24-57-49(69)40(18-31-12-9-7-10-13-31)62-44(67)25-56-42(65)23-55-17-11-6-5-8-14-32-21-58-52(59-22-32)77(3,73)74/h7,9-10,12-13,19-22,38,40,55,72H,4-6,11,15-18,23-29H2,1-3H3,(H,56,65)(H,57,69)(H,60,66)(H,61,68)(H,62,67)/t38-,40+,53+/m1/s1. The minimum Gasteiger partial charge on any atom is -0.458 e. The lowest BCUT2D eigenvalue weighted by atomic mass is 9.81. The van der Waals surface area contributed by atoms with E-state index >= 15 is 0 Å². The fraction of sp³-hybridized carbons (Fsp3) is 0.396. The summed E-state index contributed by atoms with van der Waals surface area (Å²) in [5.41, 5.74) is 3.90. The highest BCUT2D eigenvalue weighted by atomic mass is 35.5. The minimum absolute atomic E-state index is 0.0139. The van der Waals surface area contributed by atoms with E-state index in [2.05, 4.69) is 53.7 Å². The number of halogens is 1. The van der Waals surface area contributed by atoms with Crippen molar-refractivity contribution < 1.29 is 51.8 Å². The van der Waals surface area contributed by atoms with Crippen molar-refractivity contribution in [2.75, 3.05) is 45.8 Å². The number of hydrogen-bond acceptors (Lipinski definition) is 16. The van der Waals surface area contributed by atoms with Gasteiger partial charge in [0.2, 0.25) is 44.5 Å². The Bertz CT molecular complexity index is 3400. The van der Waals surface area contributed by atoms with Crippen LogP contribution in [0.15, 0.2) is 64.8 Å². The van der Waals surface area contributed by atoms with Gasteiger partial charge in [0.05, 0.1) is 60.3 Å². The number of rotatable bonds is 21. The second kappa shape index (κ2) is 24.2. The van der Waals surface area contributed by atoms with Crippen LogP contribution in [0.2, 0.25) is 5.02 Å². The number of nitrogens with zero attached hydrogens (tertiary/aromatic N) is 4. The van der Waals surface area contributed by atoms with Crippen LogP contribution in [0.3, 0.4) is 0 Å². The fourth-order valence-corrected chi connectivity index (χ4v) is 10.2. The van der Waals surface area contributed by atoms with Crippen LogP contribution in [0.4, 0.5) is 0 Å². The first-order valence-electron chi connectivity index (χ1n) is 24.9. The summed E-state index contributed by atoms with van der Waals surface area (Å²) >= 11 is 6.71. The minimum atomic E-state index is -3.50. The maximum absolute atomic E-state index is 14.0. The van der Waals surface area contributed by atoms with Crippen LogP contribution in [0.1, 0.15) is 89.6 Å². The summed E-state index contributed by atoms with van der Waals surface area (Å²) in [5, 5.41) is 28.7. The Morgan fingerprint density at radius 2 is 1.70 bits per heavy atom. The fourth-order valence-electron chi connectivity index (χ4n) is 9.51. The quantitative estimate of drug-likeness (QED) is 0.0175.